The van der Waals surface area contributed by atoms with Crippen LogP contribution < -0.4 is 0 Å². The van der Waals surface area contributed by atoms with Gasteiger partial charge in [-0.3, -0.25) is 0 Å². The number of hydrogen-bond acceptors (Lipinski definition) is 1. The van der Waals surface area contributed by atoms with Crippen molar-refractivity contribution < 1.29 is 0 Å². The molecule has 0 bridgehead atoms. The average molecular weight is 176 g/mol. The minimum Gasteiger partial charge on any atom is -0.0929 e. The molecule has 12 heavy (non-hydrogen) atoms. The highest BCUT2D eigenvalue weighted by Gasteiger charge is 2.39. The molecule has 2 rings (SSSR count). The average Bonchev–Trinajstić information content (AvgIpc) is 2.88. The molecule has 1 aliphatic rings. The predicted molar refractivity (Wildman–Crippen MR) is 55.5 cm³/mol. The zero-order valence-corrected chi connectivity index (χ0v) is 7.81. The van der Waals surface area contributed by atoms with Gasteiger partial charge in [-0.05, 0) is 30.2 Å². The summed E-state index contributed by atoms with van der Waals surface area (Å²) < 4.78 is 0. The molecule has 0 amide bonds. The summed E-state index contributed by atoms with van der Waals surface area (Å²) in [4.78, 5) is 0. The van der Waals surface area contributed by atoms with Crippen LogP contribution in [0.1, 0.15) is 18.4 Å². The highest BCUT2D eigenvalue weighted by molar-refractivity contribution is 7.79. The molecule has 0 aromatic heterocycles. The van der Waals surface area contributed by atoms with E-state index < -0.39 is 0 Å². The van der Waals surface area contributed by atoms with Gasteiger partial charge in [0.25, 0.3) is 0 Å². The van der Waals surface area contributed by atoms with Crippen molar-refractivity contribution in [2.45, 2.75) is 19.3 Å². The van der Waals surface area contributed by atoms with Crippen molar-refractivity contribution >= 4 is 17.6 Å². The molecular formula is C11H12S. The van der Waals surface area contributed by atoms with Gasteiger partial charge in [-0.2, -0.15) is 0 Å². The molecular weight excluding hydrogens is 164 g/mol. The van der Waals surface area contributed by atoms with E-state index in [2.05, 4.69) is 30.3 Å². The van der Waals surface area contributed by atoms with Crippen LogP contribution in [0.15, 0.2) is 30.3 Å². The Balaban J connectivity index is 2.09. The fourth-order valence-corrected chi connectivity index (χ4v) is 1.82. The number of hydrogen-bond donors (Lipinski definition) is 0. The molecule has 1 aliphatic carbocycles. The van der Waals surface area contributed by atoms with E-state index in [4.69, 9.17) is 12.2 Å². The van der Waals surface area contributed by atoms with Gasteiger partial charge in [0.2, 0.25) is 0 Å². The van der Waals surface area contributed by atoms with Crippen molar-refractivity contribution in [2.75, 3.05) is 0 Å². The number of rotatable bonds is 3. The van der Waals surface area contributed by atoms with Crippen molar-refractivity contribution in [2.24, 2.45) is 5.41 Å². The fraction of sp³-hybridized carbons (Fsp3) is 0.364. The van der Waals surface area contributed by atoms with E-state index in [9.17, 15) is 0 Å². The van der Waals surface area contributed by atoms with Crippen LogP contribution in [0.3, 0.4) is 0 Å². The van der Waals surface area contributed by atoms with Gasteiger partial charge in [0.15, 0.2) is 0 Å². The third kappa shape index (κ3) is 1.56. The zero-order chi connectivity index (χ0) is 8.44. The second-order valence-electron chi connectivity index (χ2n) is 3.64. The van der Waals surface area contributed by atoms with E-state index in [-0.39, 0.29) is 0 Å². The van der Waals surface area contributed by atoms with Gasteiger partial charge >= 0.3 is 0 Å². The van der Waals surface area contributed by atoms with Crippen LogP contribution in [0.2, 0.25) is 0 Å². The first-order chi connectivity index (χ1) is 5.85. The van der Waals surface area contributed by atoms with Crippen molar-refractivity contribution in [1.29, 1.82) is 0 Å². The Kier molecular flexibility index (Phi) is 1.97. The molecule has 0 radical (unpaired) electrons. The van der Waals surface area contributed by atoms with Crippen LogP contribution in [0.25, 0.3) is 0 Å². The smallest absolute Gasteiger partial charge is 0.00273 e. The molecule has 0 nitrogen and oxygen atoms in total. The third-order valence-electron chi connectivity index (χ3n) is 2.54. The summed E-state index contributed by atoms with van der Waals surface area (Å²) in [5.41, 5.74) is 1.80. The Labute approximate surface area is 78.6 Å². The summed E-state index contributed by atoms with van der Waals surface area (Å²) in [6.45, 7) is 0. The van der Waals surface area contributed by atoms with Crippen molar-refractivity contribution in [3.8, 4) is 0 Å². The maximum absolute atomic E-state index is 5.02. The summed E-state index contributed by atoms with van der Waals surface area (Å²) in [6, 6.07) is 10.6. The Bertz CT molecular complexity index is 272. The van der Waals surface area contributed by atoms with Gasteiger partial charge in [-0.25, -0.2) is 0 Å². The van der Waals surface area contributed by atoms with Crippen molar-refractivity contribution in [3.05, 3.63) is 35.9 Å². The molecule has 62 valence electrons. The highest BCUT2D eigenvalue weighted by atomic mass is 32.1. The second kappa shape index (κ2) is 2.98. The minimum atomic E-state index is 0.386. The maximum Gasteiger partial charge on any atom is 0.00273 e. The minimum absolute atomic E-state index is 0.386. The lowest BCUT2D eigenvalue weighted by Crippen LogP contribution is -2.04. The van der Waals surface area contributed by atoms with Crippen molar-refractivity contribution in [3.63, 3.8) is 0 Å². The molecule has 0 unspecified atom stereocenters. The second-order valence-corrected chi connectivity index (χ2v) is 3.88. The van der Waals surface area contributed by atoms with Gasteiger partial charge in [0.05, 0.1) is 0 Å². The van der Waals surface area contributed by atoms with Crippen LogP contribution in [-0.2, 0) is 6.42 Å². The number of thiocarbonyl (C=S) groups is 1. The van der Waals surface area contributed by atoms with Gasteiger partial charge in [-0.15, -0.1) is 0 Å². The van der Waals surface area contributed by atoms with Gasteiger partial charge in [0, 0.05) is 5.41 Å². The summed E-state index contributed by atoms with van der Waals surface area (Å²) >= 11 is 5.02. The van der Waals surface area contributed by atoms with Gasteiger partial charge in [0.1, 0.15) is 0 Å². The molecule has 0 saturated heterocycles. The Hall–Kier alpha value is -0.690. The van der Waals surface area contributed by atoms with E-state index >= 15 is 0 Å². The van der Waals surface area contributed by atoms with E-state index in [0.717, 1.165) is 6.42 Å². The Morgan fingerprint density at radius 1 is 1.25 bits per heavy atom. The summed E-state index contributed by atoms with van der Waals surface area (Å²) in [6.07, 6.45) is 3.70. The zero-order valence-electron chi connectivity index (χ0n) is 6.99. The summed E-state index contributed by atoms with van der Waals surface area (Å²) in [7, 11) is 0. The number of benzene rings is 1. The summed E-state index contributed by atoms with van der Waals surface area (Å²) in [5.74, 6) is 0. The first kappa shape index (κ1) is 7.93. The van der Waals surface area contributed by atoms with E-state index in [1.165, 1.54) is 18.4 Å². The largest absolute Gasteiger partial charge is 0.0929 e. The first-order valence-electron chi connectivity index (χ1n) is 4.35. The molecule has 1 fully saturated rings. The molecule has 0 aliphatic heterocycles. The fourth-order valence-electron chi connectivity index (χ4n) is 1.50. The predicted octanol–water partition coefficient (Wildman–Crippen LogP) is 3.01. The maximum atomic E-state index is 5.02. The van der Waals surface area contributed by atoms with E-state index in [1.807, 2.05) is 5.37 Å². The first-order valence-corrected chi connectivity index (χ1v) is 4.82. The molecule has 1 saturated carbocycles. The van der Waals surface area contributed by atoms with Crippen molar-refractivity contribution in [1.82, 2.24) is 0 Å². The molecule has 1 aromatic rings. The molecule has 1 heteroatoms. The lowest BCUT2D eigenvalue weighted by molar-refractivity contribution is 0.720. The monoisotopic (exact) mass is 176 g/mol. The van der Waals surface area contributed by atoms with E-state index in [0.29, 0.717) is 5.41 Å². The molecule has 0 spiro atoms. The molecule has 0 heterocycles. The van der Waals surface area contributed by atoms with Crippen LogP contribution in [0.4, 0.5) is 0 Å². The van der Waals surface area contributed by atoms with Crippen LogP contribution in [0, 0.1) is 5.41 Å². The van der Waals surface area contributed by atoms with Crippen LogP contribution in [-0.4, -0.2) is 5.37 Å². The van der Waals surface area contributed by atoms with E-state index in [1.54, 1.807) is 0 Å². The quantitative estimate of drug-likeness (QED) is 0.638. The molecule has 0 atom stereocenters. The third-order valence-corrected chi connectivity index (χ3v) is 3.04. The normalized spacial score (nSPS) is 18.7. The summed E-state index contributed by atoms with van der Waals surface area (Å²) in [5, 5.41) is 1.96. The SMILES string of the molecule is S=CC1(Cc2ccccc2)CC1. The van der Waals surface area contributed by atoms with Crippen LogP contribution in [0.5, 0.6) is 0 Å². The lowest BCUT2D eigenvalue weighted by Gasteiger charge is -2.07. The highest BCUT2D eigenvalue weighted by Crippen LogP contribution is 2.46. The topological polar surface area (TPSA) is 0 Å². The van der Waals surface area contributed by atoms with Gasteiger partial charge < -0.3 is 0 Å². The van der Waals surface area contributed by atoms with Gasteiger partial charge in [-0.1, -0.05) is 42.5 Å². The molecule has 1 aromatic carbocycles. The molecule has 0 N–H and O–H groups in total. The Morgan fingerprint density at radius 3 is 2.42 bits per heavy atom. The standard InChI is InChI=1S/C11H12S/c12-9-11(6-7-11)8-10-4-2-1-3-5-10/h1-5,9H,6-8H2. The Morgan fingerprint density at radius 2 is 1.92 bits per heavy atom. The lowest BCUT2D eigenvalue weighted by atomic mass is 9.99. The van der Waals surface area contributed by atoms with Crippen LogP contribution >= 0.6 is 12.2 Å².